The van der Waals surface area contributed by atoms with Crippen molar-refractivity contribution in [1.82, 2.24) is 5.43 Å². The summed E-state index contributed by atoms with van der Waals surface area (Å²) in [7, 11) is 0. The Balaban J connectivity index is 1.86. The summed E-state index contributed by atoms with van der Waals surface area (Å²) in [5.74, 6) is 4.42. The molecule has 106 valence electrons. The Kier molecular flexibility index (Phi) is 5.24. The largest absolute Gasteiger partial charge is 0.378 e. The Morgan fingerprint density at radius 1 is 1.42 bits per heavy atom. The van der Waals surface area contributed by atoms with Crippen LogP contribution in [0.3, 0.4) is 0 Å². The maximum Gasteiger partial charge on any atom is 0.129 e. The minimum atomic E-state index is -0.558. The Morgan fingerprint density at radius 3 is 2.89 bits per heavy atom. The van der Waals surface area contributed by atoms with Crippen molar-refractivity contribution < 1.29 is 13.5 Å². The minimum Gasteiger partial charge on any atom is -0.378 e. The third kappa shape index (κ3) is 4.23. The molecule has 0 radical (unpaired) electrons. The van der Waals surface area contributed by atoms with E-state index in [1.165, 1.54) is 12.1 Å². The van der Waals surface area contributed by atoms with Crippen LogP contribution in [0.5, 0.6) is 0 Å². The van der Waals surface area contributed by atoms with E-state index in [-0.39, 0.29) is 6.04 Å². The van der Waals surface area contributed by atoms with Gasteiger partial charge < -0.3 is 4.74 Å². The van der Waals surface area contributed by atoms with Crippen molar-refractivity contribution in [3.05, 3.63) is 35.4 Å². The van der Waals surface area contributed by atoms with E-state index in [1.807, 2.05) is 0 Å². The molecule has 3 N–H and O–H groups in total. The average molecular weight is 270 g/mol. The molecular weight excluding hydrogens is 250 g/mol. The maximum atomic E-state index is 13.6. The molecule has 1 aromatic carbocycles. The minimum absolute atomic E-state index is 0.0239. The predicted octanol–water partition coefficient (Wildman–Crippen LogP) is 2.30. The summed E-state index contributed by atoms with van der Waals surface area (Å²) in [6, 6.07) is 3.63. The molecular formula is C14H20F2N2O. The van der Waals surface area contributed by atoms with Gasteiger partial charge >= 0.3 is 0 Å². The van der Waals surface area contributed by atoms with E-state index in [4.69, 9.17) is 10.6 Å². The Morgan fingerprint density at radius 2 is 2.26 bits per heavy atom. The molecule has 1 heterocycles. The van der Waals surface area contributed by atoms with Gasteiger partial charge in [0, 0.05) is 18.7 Å². The molecule has 0 spiro atoms. The van der Waals surface area contributed by atoms with Crippen molar-refractivity contribution in [1.29, 1.82) is 0 Å². The molecule has 2 unspecified atom stereocenters. The molecule has 2 rings (SSSR count). The van der Waals surface area contributed by atoms with Crippen LogP contribution in [0.15, 0.2) is 18.2 Å². The molecule has 1 aromatic rings. The van der Waals surface area contributed by atoms with Crippen LogP contribution in [0, 0.1) is 11.6 Å². The summed E-state index contributed by atoms with van der Waals surface area (Å²) in [5.41, 5.74) is 3.18. The fraction of sp³-hybridized carbons (Fsp3) is 0.571. The maximum absolute atomic E-state index is 13.6. The highest BCUT2D eigenvalue weighted by atomic mass is 19.1. The molecule has 0 aromatic heterocycles. The van der Waals surface area contributed by atoms with E-state index in [0.717, 1.165) is 38.4 Å². The molecule has 3 nitrogen and oxygen atoms in total. The highest BCUT2D eigenvalue weighted by Gasteiger charge is 2.18. The zero-order valence-corrected chi connectivity index (χ0v) is 10.9. The number of benzene rings is 1. The fourth-order valence-electron chi connectivity index (χ4n) is 2.46. The summed E-state index contributed by atoms with van der Waals surface area (Å²) >= 11 is 0. The van der Waals surface area contributed by atoms with E-state index in [1.54, 1.807) is 0 Å². The second-order valence-corrected chi connectivity index (χ2v) is 5.02. The van der Waals surface area contributed by atoms with Crippen molar-refractivity contribution in [2.75, 3.05) is 6.61 Å². The number of nitrogens with two attached hydrogens (primary N) is 1. The first-order valence-electron chi connectivity index (χ1n) is 6.70. The van der Waals surface area contributed by atoms with Gasteiger partial charge in [-0.2, -0.15) is 0 Å². The lowest BCUT2D eigenvalue weighted by Gasteiger charge is -2.18. The first-order valence-corrected chi connectivity index (χ1v) is 6.70. The highest BCUT2D eigenvalue weighted by molar-refractivity contribution is 5.19. The van der Waals surface area contributed by atoms with Crippen LogP contribution in [0.25, 0.3) is 0 Å². The van der Waals surface area contributed by atoms with Gasteiger partial charge in [0.2, 0.25) is 0 Å². The van der Waals surface area contributed by atoms with Gasteiger partial charge in [0.1, 0.15) is 11.6 Å². The van der Waals surface area contributed by atoms with E-state index in [9.17, 15) is 8.78 Å². The fourth-order valence-corrected chi connectivity index (χ4v) is 2.46. The lowest BCUT2D eigenvalue weighted by atomic mass is 9.99. The van der Waals surface area contributed by atoms with Crippen molar-refractivity contribution in [3.63, 3.8) is 0 Å². The van der Waals surface area contributed by atoms with Crippen molar-refractivity contribution in [2.24, 2.45) is 5.84 Å². The second kappa shape index (κ2) is 6.93. The van der Waals surface area contributed by atoms with Crippen LogP contribution in [0.2, 0.25) is 0 Å². The standard InChI is InChI=1S/C14H20F2N2O/c15-11-4-3-10(14(16)9-11)8-12(18-17)5-6-13-2-1-7-19-13/h3-4,9,12-13,18H,1-2,5-8,17H2. The molecule has 1 fully saturated rings. The molecule has 0 saturated carbocycles. The van der Waals surface area contributed by atoms with Crippen LogP contribution in [-0.2, 0) is 11.2 Å². The van der Waals surface area contributed by atoms with Crippen LogP contribution in [-0.4, -0.2) is 18.8 Å². The molecule has 5 heteroatoms. The molecule has 19 heavy (non-hydrogen) atoms. The summed E-state index contributed by atoms with van der Waals surface area (Å²) in [6.45, 7) is 0.831. The zero-order chi connectivity index (χ0) is 13.7. The first-order chi connectivity index (χ1) is 9.19. The van der Waals surface area contributed by atoms with E-state index >= 15 is 0 Å². The topological polar surface area (TPSA) is 47.3 Å². The first kappa shape index (κ1) is 14.4. The van der Waals surface area contributed by atoms with E-state index < -0.39 is 11.6 Å². The monoisotopic (exact) mass is 270 g/mol. The van der Waals surface area contributed by atoms with Gasteiger partial charge in [-0.3, -0.25) is 11.3 Å². The summed E-state index contributed by atoms with van der Waals surface area (Å²) in [5, 5.41) is 0. The van der Waals surface area contributed by atoms with Crippen molar-refractivity contribution in [2.45, 2.75) is 44.2 Å². The average Bonchev–Trinajstić information content (AvgIpc) is 2.90. The van der Waals surface area contributed by atoms with Crippen LogP contribution in [0.4, 0.5) is 8.78 Å². The number of ether oxygens (including phenoxy) is 1. The summed E-state index contributed by atoms with van der Waals surface area (Å²) in [4.78, 5) is 0. The number of hydrogen-bond donors (Lipinski definition) is 2. The third-order valence-electron chi connectivity index (χ3n) is 3.58. The lowest BCUT2D eigenvalue weighted by Crippen LogP contribution is -2.37. The smallest absolute Gasteiger partial charge is 0.129 e. The summed E-state index contributed by atoms with van der Waals surface area (Å²) in [6.07, 6.45) is 4.68. The van der Waals surface area contributed by atoms with E-state index in [2.05, 4.69) is 5.43 Å². The predicted molar refractivity (Wildman–Crippen MR) is 69.4 cm³/mol. The third-order valence-corrected chi connectivity index (χ3v) is 3.58. The molecule has 0 bridgehead atoms. The van der Waals surface area contributed by atoms with Crippen molar-refractivity contribution in [3.8, 4) is 0 Å². The number of rotatable bonds is 6. The number of hydrazine groups is 1. The van der Waals surface area contributed by atoms with Crippen molar-refractivity contribution >= 4 is 0 Å². The van der Waals surface area contributed by atoms with Crippen LogP contribution >= 0.6 is 0 Å². The molecule has 1 saturated heterocycles. The molecule has 1 aliphatic rings. The Labute approximate surface area is 112 Å². The molecule has 0 amide bonds. The van der Waals surface area contributed by atoms with Gasteiger partial charge in [-0.1, -0.05) is 6.07 Å². The molecule has 1 aliphatic heterocycles. The number of nitrogens with one attached hydrogen (secondary N) is 1. The zero-order valence-electron chi connectivity index (χ0n) is 10.9. The summed E-state index contributed by atoms with van der Waals surface area (Å²) < 4.78 is 31.9. The SMILES string of the molecule is NNC(CCC1CCCO1)Cc1ccc(F)cc1F. The Hall–Kier alpha value is -1.04. The molecule has 0 aliphatic carbocycles. The van der Waals surface area contributed by atoms with Gasteiger partial charge in [0.25, 0.3) is 0 Å². The van der Waals surface area contributed by atoms with Crippen LogP contribution < -0.4 is 11.3 Å². The molecule has 2 atom stereocenters. The number of halogens is 2. The van der Waals surface area contributed by atoms with Gasteiger partial charge in [0.05, 0.1) is 6.10 Å². The van der Waals surface area contributed by atoms with Gasteiger partial charge in [-0.15, -0.1) is 0 Å². The second-order valence-electron chi connectivity index (χ2n) is 5.02. The number of hydrogen-bond acceptors (Lipinski definition) is 3. The van der Waals surface area contributed by atoms with Gasteiger partial charge in [-0.25, -0.2) is 8.78 Å². The van der Waals surface area contributed by atoms with E-state index in [0.29, 0.717) is 18.1 Å². The van der Waals surface area contributed by atoms with Gasteiger partial charge in [-0.05, 0) is 43.7 Å². The Bertz CT molecular complexity index is 408. The lowest BCUT2D eigenvalue weighted by molar-refractivity contribution is 0.0995. The quantitative estimate of drug-likeness (QED) is 0.616. The van der Waals surface area contributed by atoms with Gasteiger partial charge in [0.15, 0.2) is 0 Å². The highest BCUT2D eigenvalue weighted by Crippen LogP contribution is 2.19. The van der Waals surface area contributed by atoms with Crippen LogP contribution in [0.1, 0.15) is 31.2 Å². The normalized spacial score (nSPS) is 20.7.